The van der Waals surface area contributed by atoms with Crippen LogP contribution in [0.25, 0.3) is 0 Å². The van der Waals surface area contributed by atoms with Crippen LogP contribution in [0, 0.1) is 5.92 Å². The summed E-state index contributed by atoms with van der Waals surface area (Å²) in [6.07, 6.45) is -4.14. The Morgan fingerprint density at radius 1 is 1.30 bits per heavy atom. The highest BCUT2D eigenvalue weighted by Crippen LogP contribution is 2.29. The lowest BCUT2D eigenvalue weighted by molar-refractivity contribution is -0.171. The first kappa shape index (κ1) is 7.81. The minimum Gasteiger partial charge on any atom is -0.326 e. The second-order valence-corrected chi connectivity index (χ2v) is 2.47. The van der Waals surface area contributed by atoms with Crippen molar-refractivity contribution in [2.24, 2.45) is 11.7 Å². The van der Waals surface area contributed by atoms with Crippen LogP contribution in [0.3, 0.4) is 0 Å². The quantitative estimate of drug-likeness (QED) is 0.519. The van der Waals surface area contributed by atoms with Gasteiger partial charge in [0, 0.05) is 19.1 Å². The van der Waals surface area contributed by atoms with Gasteiger partial charge in [0.05, 0.1) is 5.92 Å². The van der Waals surface area contributed by atoms with Gasteiger partial charge < -0.3 is 11.1 Å². The largest absolute Gasteiger partial charge is 0.394 e. The van der Waals surface area contributed by atoms with Crippen LogP contribution in [0.2, 0.25) is 0 Å². The number of hydrogen-bond acceptors (Lipinski definition) is 2. The molecule has 0 aliphatic carbocycles. The lowest BCUT2D eigenvalue weighted by Gasteiger charge is -2.17. The summed E-state index contributed by atoms with van der Waals surface area (Å²) in [6, 6.07) is -0.764. The molecule has 60 valence electrons. The maximum atomic E-state index is 11.9. The highest BCUT2D eigenvalue weighted by Gasteiger charge is 2.45. The van der Waals surface area contributed by atoms with Crippen molar-refractivity contribution in [2.45, 2.75) is 12.2 Å². The van der Waals surface area contributed by atoms with E-state index < -0.39 is 18.1 Å². The number of rotatable bonds is 0. The molecule has 10 heavy (non-hydrogen) atoms. The van der Waals surface area contributed by atoms with Crippen molar-refractivity contribution in [2.75, 3.05) is 13.1 Å². The van der Waals surface area contributed by atoms with E-state index in [-0.39, 0.29) is 13.1 Å². The molecule has 1 aliphatic rings. The molecule has 0 radical (unpaired) electrons. The molecule has 1 rings (SSSR count). The second kappa shape index (κ2) is 2.39. The number of nitrogens with one attached hydrogen (secondary N) is 1. The van der Waals surface area contributed by atoms with Crippen LogP contribution in [-0.4, -0.2) is 25.3 Å². The fourth-order valence-corrected chi connectivity index (χ4v) is 1.06. The van der Waals surface area contributed by atoms with E-state index in [9.17, 15) is 13.2 Å². The number of halogens is 3. The van der Waals surface area contributed by atoms with E-state index in [4.69, 9.17) is 5.73 Å². The minimum atomic E-state index is -4.14. The lowest BCUT2D eigenvalue weighted by Crippen LogP contribution is -2.38. The average Bonchev–Trinajstić information content (AvgIpc) is 2.11. The molecule has 1 aliphatic heterocycles. The molecule has 1 saturated heterocycles. The zero-order valence-electron chi connectivity index (χ0n) is 5.28. The summed E-state index contributed by atoms with van der Waals surface area (Å²) >= 11 is 0. The fraction of sp³-hybridized carbons (Fsp3) is 1.00. The SMILES string of the molecule is NC1CNCC1C(F)(F)F. The summed E-state index contributed by atoms with van der Waals surface area (Å²) in [5.74, 6) is -1.35. The van der Waals surface area contributed by atoms with Crippen molar-refractivity contribution < 1.29 is 13.2 Å². The third-order valence-corrected chi connectivity index (χ3v) is 1.68. The molecule has 0 aromatic carbocycles. The predicted octanol–water partition coefficient (Wildman–Crippen LogP) is 0.0954. The molecular formula is C5H9F3N2. The monoisotopic (exact) mass is 154 g/mol. The van der Waals surface area contributed by atoms with Crippen LogP contribution in [0.1, 0.15) is 0 Å². The molecular weight excluding hydrogens is 145 g/mol. The van der Waals surface area contributed by atoms with Crippen molar-refractivity contribution in [3.63, 3.8) is 0 Å². The normalized spacial score (nSPS) is 34.8. The second-order valence-electron chi connectivity index (χ2n) is 2.47. The zero-order valence-corrected chi connectivity index (χ0v) is 5.28. The molecule has 0 spiro atoms. The molecule has 0 aromatic rings. The molecule has 2 nitrogen and oxygen atoms in total. The Labute approximate surface area is 56.6 Å². The van der Waals surface area contributed by atoms with Gasteiger partial charge in [-0.2, -0.15) is 13.2 Å². The van der Waals surface area contributed by atoms with Gasteiger partial charge in [0.15, 0.2) is 0 Å². The van der Waals surface area contributed by atoms with Crippen molar-refractivity contribution in [1.82, 2.24) is 5.32 Å². The topological polar surface area (TPSA) is 38.0 Å². The van der Waals surface area contributed by atoms with Gasteiger partial charge in [-0.15, -0.1) is 0 Å². The van der Waals surface area contributed by atoms with Gasteiger partial charge in [0.25, 0.3) is 0 Å². The van der Waals surface area contributed by atoms with Crippen molar-refractivity contribution in [1.29, 1.82) is 0 Å². The van der Waals surface area contributed by atoms with Crippen LogP contribution >= 0.6 is 0 Å². The van der Waals surface area contributed by atoms with E-state index in [1.54, 1.807) is 0 Å². The van der Waals surface area contributed by atoms with E-state index in [2.05, 4.69) is 5.32 Å². The first-order valence-electron chi connectivity index (χ1n) is 3.05. The Morgan fingerprint density at radius 2 is 1.90 bits per heavy atom. The van der Waals surface area contributed by atoms with E-state index in [1.165, 1.54) is 0 Å². The Kier molecular flexibility index (Phi) is 1.87. The predicted molar refractivity (Wildman–Crippen MR) is 30.4 cm³/mol. The van der Waals surface area contributed by atoms with Crippen molar-refractivity contribution in [3.8, 4) is 0 Å². The standard InChI is InChI=1S/C5H9F3N2/c6-5(7,8)3-1-10-2-4(3)9/h3-4,10H,1-2,9H2. The highest BCUT2D eigenvalue weighted by atomic mass is 19.4. The number of hydrogen-bond donors (Lipinski definition) is 2. The van der Waals surface area contributed by atoms with Crippen molar-refractivity contribution >= 4 is 0 Å². The van der Waals surface area contributed by atoms with Gasteiger partial charge in [-0.1, -0.05) is 0 Å². The van der Waals surface area contributed by atoms with Gasteiger partial charge >= 0.3 is 6.18 Å². The summed E-state index contributed by atoms with van der Waals surface area (Å²) in [6.45, 7) is 0.231. The van der Waals surface area contributed by atoms with Crippen LogP contribution in [0.5, 0.6) is 0 Å². The minimum absolute atomic E-state index is 0.0370. The van der Waals surface area contributed by atoms with Gasteiger partial charge in [-0.25, -0.2) is 0 Å². The summed E-state index contributed by atoms with van der Waals surface area (Å²) < 4.78 is 35.7. The van der Waals surface area contributed by atoms with Gasteiger partial charge in [0.2, 0.25) is 0 Å². The molecule has 0 aromatic heterocycles. The van der Waals surface area contributed by atoms with E-state index >= 15 is 0 Å². The van der Waals surface area contributed by atoms with E-state index in [0.717, 1.165) is 0 Å². The van der Waals surface area contributed by atoms with Crippen LogP contribution in [-0.2, 0) is 0 Å². The molecule has 2 atom stereocenters. The molecule has 3 N–H and O–H groups in total. The highest BCUT2D eigenvalue weighted by molar-refractivity contribution is 4.88. The smallest absolute Gasteiger partial charge is 0.326 e. The molecule has 0 bridgehead atoms. The Morgan fingerprint density at radius 3 is 2.10 bits per heavy atom. The average molecular weight is 154 g/mol. The van der Waals surface area contributed by atoms with Crippen LogP contribution < -0.4 is 11.1 Å². The van der Waals surface area contributed by atoms with Gasteiger partial charge in [0.1, 0.15) is 0 Å². The molecule has 0 amide bonds. The fourth-order valence-electron chi connectivity index (χ4n) is 1.06. The summed E-state index contributed by atoms with van der Waals surface area (Å²) in [7, 11) is 0. The van der Waals surface area contributed by atoms with Gasteiger partial charge in [-0.3, -0.25) is 0 Å². The molecule has 0 saturated carbocycles. The maximum Gasteiger partial charge on any atom is 0.394 e. The third-order valence-electron chi connectivity index (χ3n) is 1.68. The van der Waals surface area contributed by atoms with Gasteiger partial charge in [-0.05, 0) is 0 Å². The van der Waals surface area contributed by atoms with Crippen LogP contribution in [0.4, 0.5) is 13.2 Å². The molecule has 1 fully saturated rings. The first-order chi connectivity index (χ1) is 4.52. The van der Waals surface area contributed by atoms with Crippen LogP contribution in [0.15, 0.2) is 0 Å². The Hall–Kier alpha value is -0.290. The molecule has 5 heteroatoms. The lowest BCUT2D eigenvalue weighted by atomic mass is 10.1. The Bertz CT molecular complexity index is 123. The summed E-state index contributed by atoms with van der Waals surface area (Å²) in [5.41, 5.74) is 5.18. The first-order valence-corrected chi connectivity index (χ1v) is 3.05. The molecule has 2 unspecified atom stereocenters. The van der Waals surface area contributed by atoms with Crippen molar-refractivity contribution in [3.05, 3.63) is 0 Å². The third kappa shape index (κ3) is 1.41. The van der Waals surface area contributed by atoms with E-state index in [1.807, 2.05) is 0 Å². The number of nitrogens with two attached hydrogens (primary N) is 1. The number of alkyl halides is 3. The molecule has 1 heterocycles. The zero-order chi connectivity index (χ0) is 7.78. The summed E-state index contributed by atoms with van der Waals surface area (Å²) in [5, 5.41) is 2.58. The maximum absolute atomic E-state index is 11.9. The summed E-state index contributed by atoms with van der Waals surface area (Å²) in [4.78, 5) is 0. The Balaban J connectivity index is 2.55. The van der Waals surface area contributed by atoms with E-state index in [0.29, 0.717) is 0 Å².